The number of morpholine rings is 1. The van der Waals surface area contributed by atoms with E-state index in [-0.39, 0.29) is 5.43 Å². The number of nitrogens with zero attached hydrogens (tertiary/aromatic N) is 1. The summed E-state index contributed by atoms with van der Waals surface area (Å²) in [6.45, 7) is 6.24. The lowest BCUT2D eigenvalue weighted by Gasteiger charge is -2.26. The second kappa shape index (κ2) is 5.15. The molecule has 4 heteroatoms. The van der Waals surface area contributed by atoms with Gasteiger partial charge < -0.3 is 9.72 Å². The van der Waals surface area contributed by atoms with E-state index >= 15 is 0 Å². The number of hydrogen-bond donors (Lipinski definition) is 1. The Morgan fingerprint density at radius 2 is 2.11 bits per heavy atom. The standard InChI is InChI=1S/C15H18N2O2/c1-11-9-16-14-3-2-12(8-13(14)15(11)18)10-17-4-6-19-7-5-17/h2-3,8-9H,4-7,10H2,1H3,(H,16,18). The van der Waals surface area contributed by atoms with Crippen LogP contribution in [0.4, 0.5) is 0 Å². The van der Waals surface area contributed by atoms with Crippen LogP contribution in [-0.2, 0) is 11.3 Å². The number of aromatic amines is 1. The van der Waals surface area contributed by atoms with E-state index in [1.807, 2.05) is 19.1 Å². The van der Waals surface area contributed by atoms with Crippen LogP contribution in [0.3, 0.4) is 0 Å². The summed E-state index contributed by atoms with van der Waals surface area (Å²) in [5.74, 6) is 0. The summed E-state index contributed by atoms with van der Waals surface area (Å²) < 4.78 is 5.35. The first-order valence-electron chi connectivity index (χ1n) is 6.65. The van der Waals surface area contributed by atoms with Gasteiger partial charge >= 0.3 is 0 Å². The van der Waals surface area contributed by atoms with Crippen molar-refractivity contribution in [3.05, 3.63) is 45.7 Å². The van der Waals surface area contributed by atoms with Gasteiger partial charge in [-0.05, 0) is 24.6 Å². The first-order valence-corrected chi connectivity index (χ1v) is 6.65. The SMILES string of the molecule is Cc1c[nH]c2ccc(CN3CCOCC3)cc2c1=O. The Labute approximate surface area is 112 Å². The molecule has 0 amide bonds. The first kappa shape index (κ1) is 12.4. The van der Waals surface area contributed by atoms with Crippen LogP contribution in [0.1, 0.15) is 11.1 Å². The van der Waals surface area contributed by atoms with Crippen LogP contribution in [0.15, 0.2) is 29.2 Å². The van der Waals surface area contributed by atoms with Gasteiger partial charge in [0.1, 0.15) is 0 Å². The number of fused-ring (bicyclic) bond motifs is 1. The normalized spacial score (nSPS) is 16.9. The van der Waals surface area contributed by atoms with Gasteiger partial charge in [0.15, 0.2) is 5.43 Å². The minimum atomic E-state index is 0.123. The Morgan fingerprint density at radius 3 is 2.89 bits per heavy atom. The molecule has 1 aliphatic heterocycles. The third-order valence-electron chi connectivity index (χ3n) is 3.64. The van der Waals surface area contributed by atoms with E-state index in [1.54, 1.807) is 6.20 Å². The van der Waals surface area contributed by atoms with Gasteiger partial charge in [0.2, 0.25) is 0 Å². The molecule has 0 aliphatic carbocycles. The van der Waals surface area contributed by atoms with Crippen molar-refractivity contribution in [2.45, 2.75) is 13.5 Å². The van der Waals surface area contributed by atoms with Crippen LogP contribution in [0.2, 0.25) is 0 Å². The van der Waals surface area contributed by atoms with Gasteiger partial charge in [0.05, 0.1) is 13.2 Å². The van der Waals surface area contributed by atoms with Crippen LogP contribution in [0.25, 0.3) is 10.9 Å². The Morgan fingerprint density at radius 1 is 1.32 bits per heavy atom. The highest BCUT2D eigenvalue weighted by Crippen LogP contribution is 2.13. The van der Waals surface area contributed by atoms with Crippen LogP contribution in [-0.4, -0.2) is 36.2 Å². The number of aryl methyl sites for hydroxylation is 1. The zero-order valence-electron chi connectivity index (χ0n) is 11.1. The Bertz CT molecular complexity index is 642. The molecule has 0 bridgehead atoms. The van der Waals surface area contributed by atoms with Crippen LogP contribution >= 0.6 is 0 Å². The molecule has 0 atom stereocenters. The van der Waals surface area contributed by atoms with E-state index in [0.29, 0.717) is 0 Å². The number of pyridine rings is 1. The molecule has 100 valence electrons. The summed E-state index contributed by atoms with van der Waals surface area (Å²) in [5, 5.41) is 0.783. The van der Waals surface area contributed by atoms with Gasteiger partial charge in [0, 0.05) is 42.3 Å². The predicted molar refractivity (Wildman–Crippen MR) is 75.4 cm³/mol. The van der Waals surface area contributed by atoms with E-state index in [0.717, 1.165) is 49.3 Å². The maximum atomic E-state index is 12.1. The summed E-state index contributed by atoms with van der Waals surface area (Å²) in [4.78, 5) is 17.6. The quantitative estimate of drug-likeness (QED) is 0.891. The van der Waals surface area contributed by atoms with E-state index in [9.17, 15) is 4.79 Å². The van der Waals surface area contributed by atoms with Crippen LogP contribution in [0.5, 0.6) is 0 Å². The van der Waals surface area contributed by atoms with Gasteiger partial charge in [-0.25, -0.2) is 0 Å². The molecular formula is C15H18N2O2. The largest absolute Gasteiger partial charge is 0.379 e. The number of hydrogen-bond acceptors (Lipinski definition) is 3. The second-order valence-electron chi connectivity index (χ2n) is 5.07. The molecule has 3 rings (SSSR count). The molecular weight excluding hydrogens is 240 g/mol. The summed E-state index contributed by atoms with van der Waals surface area (Å²) in [5.41, 5.74) is 2.97. The molecule has 1 N–H and O–H groups in total. The third kappa shape index (κ3) is 2.55. The molecule has 2 aromatic rings. The van der Waals surface area contributed by atoms with Crippen molar-refractivity contribution in [3.63, 3.8) is 0 Å². The van der Waals surface area contributed by atoms with Gasteiger partial charge in [-0.15, -0.1) is 0 Å². The monoisotopic (exact) mass is 258 g/mol. The number of ether oxygens (including phenoxy) is 1. The molecule has 1 aromatic carbocycles. The van der Waals surface area contributed by atoms with Crippen molar-refractivity contribution in [3.8, 4) is 0 Å². The molecule has 1 aliphatic rings. The Balaban J connectivity index is 1.92. The molecule has 0 spiro atoms. The smallest absolute Gasteiger partial charge is 0.192 e. The predicted octanol–water partition coefficient (Wildman–Crippen LogP) is 1.67. The number of nitrogens with one attached hydrogen (secondary N) is 1. The van der Waals surface area contributed by atoms with Crippen molar-refractivity contribution in [1.82, 2.24) is 9.88 Å². The second-order valence-corrected chi connectivity index (χ2v) is 5.07. The minimum Gasteiger partial charge on any atom is -0.379 e. The van der Waals surface area contributed by atoms with E-state index in [4.69, 9.17) is 4.74 Å². The van der Waals surface area contributed by atoms with Crippen molar-refractivity contribution >= 4 is 10.9 Å². The lowest BCUT2D eigenvalue weighted by atomic mass is 10.1. The maximum absolute atomic E-state index is 12.1. The number of benzene rings is 1. The molecule has 0 radical (unpaired) electrons. The fraction of sp³-hybridized carbons (Fsp3) is 0.400. The van der Waals surface area contributed by atoms with Crippen LogP contribution < -0.4 is 5.43 Å². The van der Waals surface area contributed by atoms with Crippen molar-refractivity contribution in [1.29, 1.82) is 0 Å². The number of rotatable bonds is 2. The van der Waals surface area contributed by atoms with Crippen molar-refractivity contribution < 1.29 is 4.74 Å². The summed E-state index contributed by atoms with van der Waals surface area (Å²) >= 11 is 0. The molecule has 0 saturated carbocycles. The van der Waals surface area contributed by atoms with E-state index in [1.165, 1.54) is 5.56 Å². The van der Waals surface area contributed by atoms with Crippen molar-refractivity contribution in [2.75, 3.05) is 26.3 Å². The summed E-state index contributed by atoms with van der Waals surface area (Å²) in [6, 6.07) is 6.09. The molecule has 1 saturated heterocycles. The number of aromatic nitrogens is 1. The molecule has 0 unspecified atom stereocenters. The highest BCUT2D eigenvalue weighted by atomic mass is 16.5. The van der Waals surface area contributed by atoms with Gasteiger partial charge in [0.25, 0.3) is 0 Å². The van der Waals surface area contributed by atoms with E-state index in [2.05, 4.69) is 16.0 Å². The molecule has 2 heterocycles. The average Bonchev–Trinajstić information content (AvgIpc) is 2.45. The molecule has 4 nitrogen and oxygen atoms in total. The highest BCUT2D eigenvalue weighted by Gasteiger charge is 2.11. The molecule has 1 aromatic heterocycles. The first-order chi connectivity index (χ1) is 9.24. The third-order valence-corrected chi connectivity index (χ3v) is 3.64. The van der Waals surface area contributed by atoms with Gasteiger partial charge in [-0.3, -0.25) is 9.69 Å². The fourth-order valence-corrected chi connectivity index (χ4v) is 2.48. The highest BCUT2D eigenvalue weighted by molar-refractivity contribution is 5.79. The maximum Gasteiger partial charge on any atom is 0.192 e. The van der Waals surface area contributed by atoms with Gasteiger partial charge in [-0.2, -0.15) is 0 Å². The van der Waals surface area contributed by atoms with Gasteiger partial charge in [-0.1, -0.05) is 6.07 Å². The summed E-state index contributed by atoms with van der Waals surface area (Å²) in [7, 11) is 0. The minimum absolute atomic E-state index is 0.123. The van der Waals surface area contributed by atoms with Crippen LogP contribution in [0, 0.1) is 6.92 Å². The zero-order chi connectivity index (χ0) is 13.2. The zero-order valence-corrected chi connectivity index (χ0v) is 11.1. The lowest BCUT2D eigenvalue weighted by molar-refractivity contribution is 0.0342. The fourth-order valence-electron chi connectivity index (χ4n) is 2.48. The average molecular weight is 258 g/mol. The molecule has 1 fully saturated rings. The Hall–Kier alpha value is -1.65. The summed E-state index contributed by atoms with van der Waals surface area (Å²) in [6.07, 6.45) is 1.77. The molecule has 19 heavy (non-hydrogen) atoms. The topological polar surface area (TPSA) is 45.3 Å². The lowest BCUT2D eigenvalue weighted by Crippen LogP contribution is -2.35. The number of H-pyrrole nitrogens is 1. The van der Waals surface area contributed by atoms with E-state index < -0.39 is 0 Å². The van der Waals surface area contributed by atoms with Crippen molar-refractivity contribution in [2.24, 2.45) is 0 Å². The Kier molecular flexibility index (Phi) is 3.36.